The molecule has 2 rings (SSSR count). The van der Waals surface area contributed by atoms with Gasteiger partial charge in [0.1, 0.15) is 5.69 Å². The Labute approximate surface area is 115 Å². The van der Waals surface area contributed by atoms with E-state index in [0.717, 1.165) is 11.7 Å². The molecule has 0 unspecified atom stereocenters. The fourth-order valence-electron chi connectivity index (χ4n) is 2.45. The van der Waals surface area contributed by atoms with Crippen molar-refractivity contribution in [3.8, 4) is 0 Å². The second-order valence-electron chi connectivity index (χ2n) is 4.87. The first-order chi connectivity index (χ1) is 8.24. The summed E-state index contributed by atoms with van der Waals surface area (Å²) in [6.45, 7) is 1.53. The first-order valence-electron chi connectivity index (χ1n) is 6.46. The van der Waals surface area contributed by atoms with E-state index in [1.807, 2.05) is 12.1 Å². The van der Waals surface area contributed by atoms with Crippen molar-refractivity contribution in [2.24, 2.45) is 0 Å². The van der Waals surface area contributed by atoms with Crippen LogP contribution in [0.15, 0.2) is 24.3 Å². The number of rotatable bonds is 3. The second kappa shape index (κ2) is 7.39. The van der Waals surface area contributed by atoms with E-state index in [4.69, 9.17) is 0 Å². The zero-order valence-corrected chi connectivity index (χ0v) is 11.5. The molecule has 1 amide bonds. The van der Waals surface area contributed by atoms with E-state index in [-0.39, 0.29) is 18.3 Å². The highest BCUT2D eigenvalue weighted by molar-refractivity contribution is 5.88. The van der Waals surface area contributed by atoms with E-state index in [1.165, 1.54) is 44.7 Å². The van der Waals surface area contributed by atoms with Gasteiger partial charge in [0, 0.05) is 24.7 Å². The number of benzene rings is 1. The fourth-order valence-corrected chi connectivity index (χ4v) is 2.45. The Balaban J connectivity index is 0.00000162. The van der Waals surface area contributed by atoms with E-state index in [9.17, 15) is 4.79 Å². The van der Waals surface area contributed by atoms with Crippen LogP contribution in [-0.2, 0) is 4.79 Å². The molecule has 0 atom stereocenters. The molecule has 4 heteroatoms. The van der Waals surface area contributed by atoms with E-state index >= 15 is 0 Å². The summed E-state index contributed by atoms with van der Waals surface area (Å²) in [6, 6.07) is 8.85. The Hall–Kier alpha value is -1.06. The third kappa shape index (κ3) is 4.67. The molecule has 0 saturated heterocycles. The Bertz CT molecular complexity index is 372. The highest BCUT2D eigenvalue weighted by Gasteiger charge is 2.16. The molecule has 0 radical (unpaired) electrons. The summed E-state index contributed by atoms with van der Waals surface area (Å²) in [7, 11) is 0. The van der Waals surface area contributed by atoms with Crippen LogP contribution in [0.25, 0.3) is 0 Å². The zero-order valence-electron chi connectivity index (χ0n) is 10.8. The predicted molar refractivity (Wildman–Crippen MR) is 69.2 cm³/mol. The van der Waals surface area contributed by atoms with Crippen molar-refractivity contribution >= 4 is 17.3 Å². The largest absolute Gasteiger partial charge is 1.00 e. The fraction of sp³-hybridized carbons (Fsp3) is 0.500. The maximum absolute atomic E-state index is 10.9. The monoisotopic (exact) mass is 268 g/mol. The average molecular weight is 269 g/mol. The Morgan fingerprint density at radius 1 is 1.17 bits per heavy atom. The topological polar surface area (TPSA) is 45.7 Å². The molecule has 100 valence electrons. The Morgan fingerprint density at radius 2 is 1.78 bits per heavy atom. The number of hydrogen-bond acceptors (Lipinski definition) is 1. The molecular formula is C14H21ClN2O. The van der Waals surface area contributed by atoms with Crippen LogP contribution in [0.5, 0.6) is 0 Å². The van der Waals surface area contributed by atoms with Crippen molar-refractivity contribution in [3.05, 3.63) is 24.3 Å². The van der Waals surface area contributed by atoms with Gasteiger partial charge < -0.3 is 23.0 Å². The van der Waals surface area contributed by atoms with Crippen LogP contribution in [0.1, 0.15) is 39.0 Å². The number of hydrogen-bond donors (Lipinski definition) is 2. The predicted octanol–water partition coefficient (Wildman–Crippen LogP) is -0.823. The van der Waals surface area contributed by atoms with E-state index in [1.54, 1.807) is 0 Å². The molecule has 18 heavy (non-hydrogen) atoms. The molecule has 0 bridgehead atoms. The molecule has 1 aliphatic carbocycles. The lowest BCUT2D eigenvalue weighted by Gasteiger charge is -2.19. The summed E-state index contributed by atoms with van der Waals surface area (Å²) in [5.41, 5.74) is 2.14. The molecule has 1 aromatic rings. The van der Waals surface area contributed by atoms with E-state index in [0.29, 0.717) is 0 Å². The van der Waals surface area contributed by atoms with Gasteiger partial charge in [0.05, 0.1) is 6.04 Å². The lowest BCUT2D eigenvalue weighted by molar-refractivity contribution is -0.614. The van der Waals surface area contributed by atoms with Gasteiger partial charge in [-0.1, -0.05) is 6.42 Å². The van der Waals surface area contributed by atoms with Crippen molar-refractivity contribution in [2.75, 3.05) is 5.32 Å². The van der Waals surface area contributed by atoms with Crippen molar-refractivity contribution in [2.45, 2.75) is 45.1 Å². The van der Waals surface area contributed by atoms with Crippen LogP contribution >= 0.6 is 0 Å². The number of halogens is 1. The van der Waals surface area contributed by atoms with Gasteiger partial charge in [0.2, 0.25) is 5.91 Å². The molecule has 0 aliphatic heterocycles. The number of amides is 1. The number of anilines is 1. The van der Waals surface area contributed by atoms with Crippen molar-refractivity contribution in [3.63, 3.8) is 0 Å². The summed E-state index contributed by atoms with van der Waals surface area (Å²) in [4.78, 5) is 10.9. The van der Waals surface area contributed by atoms with Crippen molar-refractivity contribution in [1.82, 2.24) is 0 Å². The minimum atomic E-state index is -0.0194. The molecule has 0 spiro atoms. The van der Waals surface area contributed by atoms with Gasteiger partial charge in [-0.05, 0) is 37.8 Å². The summed E-state index contributed by atoms with van der Waals surface area (Å²) in [5, 5.41) is 5.15. The third-order valence-corrected chi connectivity index (χ3v) is 3.31. The standard InChI is InChI=1S/C14H20N2O.ClH/c1-11(17)15-13-7-9-14(10-8-13)16-12-5-3-2-4-6-12;/h7-10,12,16H,2-6H2,1H3,(H,15,17);1H. The van der Waals surface area contributed by atoms with Crippen LogP contribution in [0.4, 0.5) is 11.4 Å². The summed E-state index contributed by atoms with van der Waals surface area (Å²) < 4.78 is 0. The van der Waals surface area contributed by atoms with Crippen LogP contribution in [-0.4, -0.2) is 11.9 Å². The molecule has 3 nitrogen and oxygen atoms in total. The summed E-state index contributed by atoms with van der Waals surface area (Å²) >= 11 is 0. The van der Waals surface area contributed by atoms with Gasteiger partial charge in [-0.2, -0.15) is 0 Å². The van der Waals surface area contributed by atoms with Crippen molar-refractivity contribution < 1.29 is 22.5 Å². The van der Waals surface area contributed by atoms with Gasteiger partial charge in [-0.25, -0.2) is 0 Å². The first kappa shape index (κ1) is 15.0. The SMILES string of the molecule is CC(=O)Nc1ccc([NH2+]C2CCCCC2)cc1.[Cl-]. The maximum atomic E-state index is 10.9. The molecule has 1 saturated carbocycles. The van der Waals surface area contributed by atoms with Gasteiger partial charge >= 0.3 is 0 Å². The maximum Gasteiger partial charge on any atom is 0.221 e. The number of quaternary nitrogens is 1. The number of carbonyl (C=O) groups excluding carboxylic acids is 1. The van der Waals surface area contributed by atoms with Gasteiger partial charge in [-0.15, -0.1) is 0 Å². The zero-order chi connectivity index (χ0) is 12.1. The molecule has 0 aromatic heterocycles. The third-order valence-electron chi connectivity index (χ3n) is 3.31. The molecule has 0 heterocycles. The van der Waals surface area contributed by atoms with Gasteiger partial charge in [0.15, 0.2) is 0 Å². The highest BCUT2D eigenvalue weighted by Crippen LogP contribution is 2.16. The number of nitrogens with two attached hydrogens (primary N) is 1. The minimum absolute atomic E-state index is 0. The lowest BCUT2D eigenvalue weighted by atomic mass is 9.95. The quantitative estimate of drug-likeness (QED) is 0.691. The second-order valence-corrected chi connectivity index (χ2v) is 4.87. The van der Waals surface area contributed by atoms with Crippen LogP contribution in [0.2, 0.25) is 0 Å². The van der Waals surface area contributed by atoms with Gasteiger partial charge in [0.25, 0.3) is 0 Å². The lowest BCUT2D eigenvalue weighted by Crippen LogP contribution is -3.00. The van der Waals surface area contributed by atoms with Crippen molar-refractivity contribution in [1.29, 1.82) is 0 Å². The molecule has 3 N–H and O–H groups in total. The molecule has 1 aliphatic rings. The minimum Gasteiger partial charge on any atom is -1.00 e. The van der Waals surface area contributed by atoms with E-state index in [2.05, 4.69) is 22.8 Å². The molecule has 1 fully saturated rings. The number of nitrogens with one attached hydrogen (secondary N) is 1. The summed E-state index contributed by atoms with van der Waals surface area (Å²) in [5.74, 6) is -0.0194. The Kier molecular flexibility index (Phi) is 6.16. The van der Waals surface area contributed by atoms with Gasteiger partial charge in [-0.3, -0.25) is 4.79 Å². The summed E-state index contributed by atoms with van der Waals surface area (Å²) in [6.07, 6.45) is 6.78. The van der Waals surface area contributed by atoms with Crippen LogP contribution in [0, 0.1) is 0 Å². The Morgan fingerprint density at radius 3 is 2.33 bits per heavy atom. The van der Waals surface area contributed by atoms with E-state index < -0.39 is 0 Å². The number of carbonyl (C=O) groups is 1. The first-order valence-corrected chi connectivity index (χ1v) is 6.46. The van der Waals surface area contributed by atoms with Crippen LogP contribution in [0.3, 0.4) is 0 Å². The molecular weight excluding hydrogens is 248 g/mol. The highest BCUT2D eigenvalue weighted by atomic mass is 35.5. The average Bonchev–Trinajstić information content (AvgIpc) is 2.32. The normalized spacial score (nSPS) is 15.8. The smallest absolute Gasteiger partial charge is 0.221 e. The molecule has 1 aromatic carbocycles. The van der Waals surface area contributed by atoms with Crippen LogP contribution < -0.4 is 23.0 Å².